The van der Waals surface area contributed by atoms with Crippen LogP contribution in [0, 0.1) is 6.92 Å². The van der Waals surface area contributed by atoms with Crippen molar-refractivity contribution in [3.8, 4) is 17.0 Å². The number of aromatic nitrogens is 2. The molecule has 1 atom stereocenters. The molecule has 1 aromatic heterocycles. The van der Waals surface area contributed by atoms with Crippen molar-refractivity contribution in [3.05, 3.63) is 99.7 Å². The van der Waals surface area contributed by atoms with Gasteiger partial charge in [0.05, 0.1) is 18.8 Å². The van der Waals surface area contributed by atoms with Crippen molar-refractivity contribution in [1.29, 1.82) is 0 Å². The first kappa shape index (κ1) is 19.6. The van der Waals surface area contributed by atoms with Crippen LogP contribution >= 0.6 is 15.9 Å². The summed E-state index contributed by atoms with van der Waals surface area (Å²) in [5, 5.41) is 7.53. The number of carbonyl (C=O) groups excluding carboxylic acids is 1. The van der Waals surface area contributed by atoms with E-state index in [1.165, 1.54) is 5.56 Å². The Hall–Kier alpha value is -3.38. The third-order valence-corrected chi connectivity index (χ3v) is 6.16. The molecular weight excluding hydrogens is 454 g/mol. The molecule has 5 rings (SSSR count). The monoisotopic (exact) mass is 473 g/mol. The van der Waals surface area contributed by atoms with Crippen molar-refractivity contribution >= 4 is 27.5 Å². The largest absolute Gasteiger partial charge is 0.497 e. The lowest BCUT2D eigenvalue weighted by molar-refractivity contribution is 0.0989. The molecule has 3 aromatic carbocycles. The van der Waals surface area contributed by atoms with Crippen LogP contribution in [0.15, 0.2) is 77.3 Å². The Morgan fingerprint density at radius 1 is 0.968 bits per heavy atom. The number of benzene rings is 3. The molecule has 0 saturated heterocycles. The van der Waals surface area contributed by atoms with E-state index in [1.807, 2.05) is 53.4 Å². The molecule has 0 saturated carbocycles. The number of aromatic amines is 1. The van der Waals surface area contributed by atoms with E-state index < -0.39 is 0 Å². The number of aryl methyl sites for hydroxylation is 1. The zero-order chi connectivity index (χ0) is 21.5. The van der Waals surface area contributed by atoms with Crippen LogP contribution in [-0.2, 0) is 0 Å². The Bertz CT molecular complexity index is 1250. The summed E-state index contributed by atoms with van der Waals surface area (Å²) in [6.07, 6.45) is 0. The number of methoxy groups -OCH3 is 1. The van der Waals surface area contributed by atoms with Gasteiger partial charge < -0.3 is 4.74 Å². The van der Waals surface area contributed by atoms with E-state index in [1.54, 1.807) is 7.11 Å². The van der Waals surface area contributed by atoms with Crippen molar-refractivity contribution in [2.75, 3.05) is 12.0 Å². The predicted octanol–water partition coefficient (Wildman–Crippen LogP) is 5.91. The lowest BCUT2D eigenvalue weighted by Crippen LogP contribution is -2.29. The molecule has 0 unspecified atom stereocenters. The highest BCUT2D eigenvalue weighted by atomic mass is 79.9. The van der Waals surface area contributed by atoms with Crippen LogP contribution < -0.4 is 9.64 Å². The van der Waals surface area contributed by atoms with Gasteiger partial charge in [0.15, 0.2) is 0 Å². The quantitative estimate of drug-likeness (QED) is 0.400. The number of halogens is 1. The van der Waals surface area contributed by atoms with E-state index in [4.69, 9.17) is 4.74 Å². The molecule has 2 heterocycles. The Morgan fingerprint density at radius 3 is 2.29 bits per heavy atom. The van der Waals surface area contributed by atoms with E-state index in [0.29, 0.717) is 5.69 Å². The number of anilines is 1. The van der Waals surface area contributed by atoms with Gasteiger partial charge in [0.1, 0.15) is 11.4 Å². The average molecular weight is 474 g/mol. The number of nitrogens with zero attached hydrogens (tertiary/aromatic N) is 2. The van der Waals surface area contributed by atoms with E-state index in [2.05, 4.69) is 57.3 Å². The lowest BCUT2D eigenvalue weighted by Gasteiger charge is -2.26. The number of amides is 1. The third kappa shape index (κ3) is 3.33. The van der Waals surface area contributed by atoms with E-state index >= 15 is 0 Å². The molecule has 1 aliphatic rings. The topological polar surface area (TPSA) is 58.2 Å². The Morgan fingerprint density at radius 2 is 1.65 bits per heavy atom. The summed E-state index contributed by atoms with van der Waals surface area (Å²) in [6.45, 7) is 2.06. The molecule has 0 radical (unpaired) electrons. The Labute approximate surface area is 188 Å². The summed E-state index contributed by atoms with van der Waals surface area (Å²) in [4.78, 5) is 15.3. The second kappa shape index (κ2) is 7.71. The van der Waals surface area contributed by atoms with Gasteiger partial charge >= 0.3 is 0 Å². The van der Waals surface area contributed by atoms with Crippen LogP contribution in [-0.4, -0.2) is 23.2 Å². The highest BCUT2D eigenvalue weighted by Crippen LogP contribution is 2.45. The number of hydrogen-bond donors (Lipinski definition) is 1. The van der Waals surface area contributed by atoms with Gasteiger partial charge in [-0.25, -0.2) is 0 Å². The number of H-pyrrole nitrogens is 1. The maximum absolute atomic E-state index is 13.5. The van der Waals surface area contributed by atoms with Crippen molar-refractivity contribution < 1.29 is 9.53 Å². The second-order valence-corrected chi connectivity index (χ2v) is 8.47. The first-order valence-electron chi connectivity index (χ1n) is 9.95. The van der Waals surface area contributed by atoms with Crippen molar-refractivity contribution in [2.24, 2.45) is 0 Å². The third-order valence-electron chi connectivity index (χ3n) is 5.63. The summed E-state index contributed by atoms with van der Waals surface area (Å²) >= 11 is 3.48. The van der Waals surface area contributed by atoms with E-state index in [0.717, 1.165) is 38.3 Å². The molecule has 1 amide bonds. The van der Waals surface area contributed by atoms with Crippen molar-refractivity contribution in [3.63, 3.8) is 0 Å². The SMILES string of the molecule is COc1ccc(-c2n[nH]c3c2[C@H](c2ccc(C)cc2)N(c2ccc(Br)cc2)C3=O)cc1. The standard InChI is InChI=1S/C25H20BrN3O2/c1-15-3-5-17(6-4-15)24-21-22(16-7-13-20(31-2)14-8-16)27-28-23(21)25(30)29(24)19-11-9-18(26)10-12-19/h3-14,24H,1-2H3,(H,27,28)/t24-/m0/s1. The van der Waals surface area contributed by atoms with Gasteiger partial charge in [0, 0.05) is 21.3 Å². The smallest absolute Gasteiger partial charge is 0.277 e. The van der Waals surface area contributed by atoms with Gasteiger partial charge in [-0.15, -0.1) is 0 Å². The number of hydrogen-bond acceptors (Lipinski definition) is 3. The minimum atomic E-state index is -0.278. The molecule has 0 fully saturated rings. The number of ether oxygens (including phenoxy) is 1. The average Bonchev–Trinajstić information content (AvgIpc) is 3.34. The minimum absolute atomic E-state index is 0.0878. The zero-order valence-electron chi connectivity index (χ0n) is 17.1. The number of fused-ring (bicyclic) bond motifs is 1. The van der Waals surface area contributed by atoms with Crippen LogP contribution in [0.5, 0.6) is 5.75 Å². The highest BCUT2D eigenvalue weighted by Gasteiger charge is 2.43. The molecule has 1 aliphatic heterocycles. The molecule has 0 bridgehead atoms. The molecule has 4 aromatic rings. The highest BCUT2D eigenvalue weighted by molar-refractivity contribution is 9.10. The molecular formula is C25H20BrN3O2. The molecule has 1 N–H and O–H groups in total. The maximum atomic E-state index is 13.5. The zero-order valence-corrected chi connectivity index (χ0v) is 18.7. The molecule has 0 spiro atoms. The maximum Gasteiger partial charge on any atom is 0.277 e. The summed E-state index contributed by atoms with van der Waals surface area (Å²) < 4.78 is 6.25. The van der Waals surface area contributed by atoms with E-state index in [9.17, 15) is 4.79 Å². The summed E-state index contributed by atoms with van der Waals surface area (Å²) in [5.74, 6) is 0.689. The van der Waals surface area contributed by atoms with Crippen molar-refractivity contribution in [1.82, 2.24) is 10.2 Å². The van der Waals surface area contributed by atoms with Crippen LogP contribution in [0.3, 0.4) is 0 Å². The van der Waals surface area contributed by atoms with Gasteiger partial charge in [-0.05, 0) is 61.0 Å². The van der Waals surface area contributed by atoms with E-state index in [-0.39, 0.29) is 11.9 Å². The Balaban J connectivity index is 1.69. The predicted molar refractivity (Wildman–Crippen MR) is 125 cm³/mol. The molecule has 5 nitrogen and oxygen atoms in total. The van der Waals surface area contributed by atoms with Gasteiger partial charge in [-0.3, -0.25) is 14.8 Å². The van der Waals surface area contributed by atoms with Crippen molar-refractivity contribution in [2.45, 2.75) is 13.0 Å². The fourth-order valence-electron chi connectivity index (χ4n) is 4.05. The lowest BCUT2D eigenvalue weighted by atomic mass is 9.95. The molecule has 6 heteroatoms. The minimum Gasteiger partial charge on any atom is -0.497 e. The summed E-state index contributed by atoms with van der Waals surface area (Å²) in [6, 6.07) is 23.6. The second-order valence-electron chi connectivity index (χ2n) is 7.55. The molecule has 154 valence electrons. The van der Waals surface area contributed by atoms with Gasteiger partial charge in [0.25, 0.3) is 5.91 Å². The summed E-state index contributed by atoms with van der Waals surface area (Å²) in [5.41, 5.74) is 6.17. The number of rotatable bonds is 4. The fraction of sp³-hybridized carbons (Fsp3) is 0.120. The number of nitrogens with one attached hydrogen (secondary N) is 1. The fourth-order valence-corrected chi connectivity index (χ4v) is 4.31. The normalized spacial score (nSPS) is 15.3. The molecule has 0 aliphatic carbocycles. The van der Waals surface area contributed by atoms with Gasteiger partial charge in [0.2, 0.25) is 0 Å². The van der Waals surface area contributed by atoms with Crippen LogP contribution in [0.2, 0.25) is 0 Å². The van der Waals surface area contributed by atoms with Crippen LogP contribution in [0.25, 0.3) is 11.3 Å². The first-order valence-corrected chi connectivity index (χ1v) is 10.7. The van der Waals surface area contributed by atoms with Gasteiger partial charge in [-0.1, -0.05) is 45.8 Å². The first-order chi connectivity index (χ1) is 15.1. The summed E-state index contributed by atoms with van der Waals surface area (Å²) in [7, 11) is 1.64. The number of carbonyl (C=O) groups is 1. The van der Waals surface area contributed by atoms with Gasteiger partial charge in [-0.2, -0.15) is 5.10 Å². The van der Waals surface area contributed by atoms with Crippen LogP contribution in [0.4, 0.5) is 5.69 Å². The van der Waals surface area contributed by atoms with Crippen LogP contribution in [0.1, 0.15) is 33.2 Å². The Kier molecular flexibility index (Phi) is 4.87. The molecule has 31 heavy (non-hydrogen) atoms.